The number of rotatable bonds is 1. The van der Waals surface area contributed by atoms with Crippen molar-refractivity contribution < 1.29 is 13.9 Å². The Hall–Kier alpha value is -1.49. The van der Waals surface area contributed by atoms with Gasteiger partial charge in [-0.2, -0.15) is 0 Å². The standard InChI is InChI=1S/C10H17FN4O2/c1-10(2,3)17-9(16)15-5-4-8(13-14-12)7(11)6-15/h7-8H,4-6H2,1-3H3/t7-,8?/m1/s1. The summed E-state index contributed by atoms with van der Waals surface area (Å²) in [4.78, 5) is 15.6. The van der Waals surface area contributed by atoms with E-state index in [1.54, 1.807) is 20.8 Å². The normalized spacial score (nSPS) is 25.1. The SMILES string of the molecule is CC(C)(C)OC(=O)N1CCC(N=[N+]=[N-])[C@H](F)C1. The number of nitrogens with zero attached hydrogens (tertiary/aromatic N) is 4. The predicted molar refractivity (Wildman–Crippen MR) is 60.3 cm³/mol. The molecule has 1 saturated heterocycles. The smallest absolute Gasteiger partial charge is 0.410 e. The van der Waals surface area contributed by atoms with Crippen molar-refractivity contribution in [2.24, 2.45) is 5.11 Å². The molecule has 17 heavy (non-hydrogen) atoms. The molecule has 0 radical (unpaired) electrons. The van der Waals surface area contributed by atoms with Gasteiger partial charge in [-0.3, -0.25) is 0 Å². The summed E-state index contributed by atoms with van der Waals surface area (Å²) in [6.45, 7) is 5.53. The lowest BCUT2D eigenvalue weighted by atomic mass is 10.0. The Labute approximate surface area is 99.4 Å². The minimum absolute atomic E-state index is 0.0847. The van der Waals surface area contributed by atoms with Crippen LogP contribution in [0.2, 0.25) is 0 Å². The van der Waals surface area contributed by atoms with E-state index >= 15 is 0 Å². The van der Waals surface area contributed by atoms with Crippen LogP contribution in [0.3, 0.4) is 0 Å². The lowest BCUT2D eigenvalue weighted by molar-refractivity contribution is 0.0116. The number of hydrogen-bond donors (Lipinski definition) is 0. The van der Waals surface area contributed by atoms with E-state index in [9.17, 15) is 9.18 Å². The van der Waals surface area contributed by atoms with Crippen LogP contribution in [0, 0.1) is 0 Å². The molecule has 1 fully saturated rings. The molecule has 0 spiro atoms. The Bertz CT molecular complexity index is 336. The molecule has 1 amide bonds. The summed E-state index contributed by atoms with van der Waals surface area (Å²) in [5.41, 5.74) is 7.66. The van der Waals surface area contributed by atoms with Crippen LogP contribution in [0.1, 0.15) is 27.2 Å². The largest absolute Gasteiger partial charge is 0.444 e. The first-order valence-corrected chi connectivity index (χ1v) is 5.49. The number of amides is 1. The van der Waals surface area contributed by atoms with Crippen molar-refractivity contribution >= 4 is 6.09 Å². The zero-order valence-electron chi connectivity index (χ0n) is 10.3. The third kappa shape index (κ3) is 4.11. The molecule has 0 aromatic carbocycles. The molecule has 1 unspecified atom stereocenters. The number of azide groups is 1. The van der Waals surface area contributed by atoms with Crippen LogP contribution in [0.25, 0.3) is 10.4 Å². The third-order valence-electron chi connectivity index (χ3n) is 2.36. The Morgan fingerprint density at radius 3 is 2.71 bits per heavy atom. The van der Waals surface area contributed by atoms with Gasteiger partial charge in [-0.25, -0.2) is 9.18 Å². The summed E-state index contributed by atoms with van der Waals surface area (Å²) < 4.78 is 18.7. The molecule has 1 rings (SSSR count). The molecule has 0 aromatic rings. The number of halogens is 1. The number of carbonyl (C=O) groups is 1. The molecular formula is C10H17FN4O2. The van der Waals surface area contributed by atoms with Crippen LogP contribution in [0.4, 0.5) is 9.18 Å². The molecule has 0 aromatic heterocycles. The zero-order valence-corrected chi connectivity index (χ0v) is 10.3. The second-order valence-corrected chi connectivity index (χ2v) is 5.00. The summed E-state index contributed by atoms with van der Waals surface area (Å²) in [5, 5.41) is 3.36. The molecule has 96 valence electrons. The van der Waals surface area contributed by atoms with E-state index in [4.69, 9.17) is 10.3 Å². The summed E-state index contributed by atoms with van der Waals surface area (Å²) in [5.74, 6) is 0. The Kier molecular flexibility index (Phi) is 4.17. The monoisotopic (exact) mass is 244 g/mol. The molecule has 0 saturated carbocycles. The first-order valence-electron chi connectivity index (χ1n) is 5.49. The van der Waals surface area contributed by atoms with E-state index in [2.05, 4.69) is 10.0 Å². The van der Waals surface area contributed by atoms with E-state index in [1.165, 1.54) is 4.90 Å². The molecular weight excluding hydrogens is 227 g/mol. The highest BCUT2D eigenvalue weighted by molar-refractivity contribution is 5.68. The zero-order chi connectivity index (χ0) is 13.1. The fraction of sp³-hybridized carbons (Fsp3) is 0.900. The van der Waals surface area contributed by atoms with Crippen LogP contribution in [0.15, 0.2) is 5.11 Å². The van der Waals surface area contributed by atoms with Gasteiger partial charge in [-0.05, 0) is 32.7 Å². The molecule has 6 nitrogen and oxygen atoms in total. The Balaban J connectivity index is 2.55. The van der Waals surface area contributed by atoms with Crippen molar-refractivity contribution in [1.82, 2.24) is 4.90 Å². The van der Waals surface area contributed by atoms with E-state index in [-0.39, 0.29) is 6.54 Å². The molecule has 1 aliphatic rings. The molecule has 0 bridgehead atoms. The fourth-order valence-electron chi connectivity index (χ4n) is 1.58. The first kappa shape index (κ1) is 13.6. The van der Waals surface area contributed by atoms with E-state index in [0.717, 1.165) is 0 Å². The fourth-order valence-corrected chi connectivity index (χ4v) is 1.58. The maximum atomic E-state index is 13.6. The van der Waals surface area contributed by atoms with Gasteiger partial charge in [-0.15, -0.1) is 0 Å². The van der Waals surface area contributed by atoms with Crippen molar-refractivity contribution in [3.63, 3.8) is 0 Å². The van der Waals surface area contributed by atoms with Gasteiger partial charge in [0.15, 0.2) is 0 Å². The number of alkyl halides is 1. The van der Waals surface area contributed by atoms with Gasteiger partial charge in [0.1, 0.15) is 11.8 Å². The van der Waals surface area contributed by atoms with Gasteiger partial charge in [0.05, 0.1) is 12.6 Å². The third-order valence-corrected chi connectivity index (χ3v) is 2.36. The van der Waals surface area contributed by atoms with Crippen molar-refractivity contribution in [3.05, 3.63) is 10.4 Å². The van der Waals surface area contributed by atoms with Crippen LogP contribution in [-0.4, -0.2) is 41.9 Å². The average molecular weight is 244 g/mol. The Morgan fingerprint density at radius 2 is 2.24 bits per heavy atom. The van der Waals surface area contributed by atoms with Gasteiger partial charge >= 0.3 is 6.09 Å². The van der Waals surface area contributed by atoms with Crippen molar-refractivity contribution in [2.45, 2.75) is 45.0 Å². The van der Waals surface area contributed by atoms with Gasteiger partial charge in [-0.1, -0.05) is 5.11 Å². The average Bonchev–Trinajstić information content (AvgIpc) is 2.18. The highest BCUT2D eigenvalue weighted by atomic mass is 19.1. The van der Waals surface area contributed by atoms with Crippen molar-refractivity contribution in [2.75, 3.05) is 13.1 Å². The summed E-state index contributed by atoms with van der Waals surface area (Å²) in [6.07, 6.45) is -1.53. The molecule has 7 heteroatoms. The topological polar surface area (TPSA) is 78.3 Å². The molecule has 1 heterocycles. The molecule has 0 aliphatic carbocycles. The van der Waals surface area contributed by atoms with Crippen LogP contribution >= 0.6 is 0 Å². The van der Waals surface area contributed by atoms with Crippen molar-refractivity contribution in [1.29, 1.82) is 0 Å². The minimum Gasteiger partial charge on any atom is -0.444 e. The number of piperidine rings is 1. The summed E-state index contributed by atoms with van der Waals surface area (Å²) in [6, 6.07) is -0.682. The Morgan fingerprint density at radius 1 is 1.59 bits per heavy atom. The lowest BCUT2D eigenvalue weighted by Crippen LogP contribution is -2.48. The van der Waals surface area contributed by atoms with E-state index < -0.39 is 23.9 Å². The highest BCUT2D eigenvalue weighted by Crippen LogP contribution is 2.19. The van der Waals surface area contributed by atoms with Crippen LogP contribution in [-0.2, 0) is 4.74 Å². The van der Waals surface area contributed by atoms with E-state index in [0.29, 0.717) is 13.0 Å². The van der Waals surface area contributed by atoms with Gasteiger partial charge in [0.25, 0.3) is 0 Å². The maximum Gasteiger partial charge on any atom is 0.410 e. The molecule has 2 atom stereocenters. The maximum absolute atomic E-state index is 13.6. The van der Waals surface area contributed by atoms with Crippen LogP contribution in [0.5, 0.6) is 0 Å². The van der Waals surface area contributed by atoms with Crippen molar-refractivity contribution in [3.8, 4) is 0 Å². The summed E-state index contributed by atoms with van der Waals surface area (Å²) in [7, 11) is 0. The number of carbonyl (C=O) groups excluding carboxylic acids is 1. The number of likely N-dealkylation sites (tertiary alicyclic amines) is 1. The number of hydrogen-bond acceptors (Lipinski definition) is 3. The van der Waals surface area contributed by atoms with Crippen LogP contribution < -0.4 is 0 Å². The quantitative estimate of drug-likeness (QED) is 0.404. The second kappa shape index (κ2) is 5.23. The van der Waals surface area contributed by atoms with Gasteiger partial charge < -0.3 is 9.64 Å². The first-order chi connectivity index (χ1) is 7.83. The van der Waals surface area contributed by atoms with Gasteiger partial charge in [0, 0.05) is 11.5 Å². The second-order valence-electron chi connectivity index (χ2n) is 5.00. The predicted octanol–water partition coefficient (Wildman–Crippen LogP) is 2.64. The molecule has 0 N–H and O–H groups in total. The minimum atomic E-state index is -1.33. The number of ether oxygens (including phenoxy) is 1. The highest BCUT2D eigenvalue weighted by Gasteiger charge is 2.32. The molecule has 1 aliphatic heterocycles. The van der Waals surface area contributed by atoms with E-state index in [1.807, 2.05) is 0 Å². The lowest BCUT2D eigenvalue weighted by Gasteiger charge is -2.33. The summed E-state index contributed by atoms with van der Waals surface area (Å²) >= 11 is 0. The van der Waals surface area contributed by atoms with Gasteiger partial charge in [0.2, 0.25) is 0 Å².